The van der Waals surface area contributed by atoms with Gasteiger partial charge in [-0.25, -0.2) is 0 Å². The molecule has 0 aliphatic rings. The summed E-state index contributed by atoms with van der Waals surface area (Å²) in [6.07, 6.45) is -5.45. The molecule has 16 heavy (non-hydrogen) atoms. The number of hydrogen-bond acceptors (Lipinski definition) is 3. The lowest BCUT2D eigenvalue weighted by Crippen LogP contribution is -2.20. The SMILES string of the molecule is COc1ccc([C@@H](N)CC(F)(F)F)cc1O. The minimum atomic E-state index is -4.32. The van der Waals surface area contributed by atoms with Crippen LogP contribution in [0.15, 0.2) is 18.2 Å². The molecule has 0 radical (unpaired) electrons. The van der Waals surface area contributed by atoms with E-state index in [1.165, 1.54) is 25.3 Å². The van der Waals surface area contributed by atoms with Gasteiger partial charge in [-0.2, -0.15) is 13.2 Å². The molecule has 1 aromatic carbocycles. The predicted molar refractivity (Wildman–Crippen MR) is 52.3 cm³/mol. The quantitative estimate of drug-likeness (QED) is 0.845. The second kappa shape index (κ2) is 4.61. The maximum Gasteiger partial charge on any atom is 0.390 e. The summed E-state index contributed by atoms with van der Waals surface area (Å²) in [6, 6.07) is 2.77. The van der Waals surface area contributed by atoms with Gasteiger partial charge in [-0.15, -0.1) is 0 Å². The Kier molecular flexibility index (Phi) is 3.64. The van der Waals surface area contributed by atoms with E-state index in [0.717, 1.165) is 0 Å². The number of alkyl halides is 3. The molecular weight excluding hydrogens is 223 g/mol. The van der Waals surface area contributed by atoms with E-state index in [1.807, 2.05) is 0 Å². The third-order valence-electron chi connectivity index (χ3n) is 2.08. The Balaban J connectivity index is 2.85. The molecule has 90 valence electrons. The number of phenols is 1. The molecular formula is C10H12F3NO2. The predicted octanol–water partition coefficient (Wildman–Crippen LogP) is 2.35. The summed E-state index contributed by atoms with van der Waals surface area (Å²) in [4.78, 5) is 0. The molecule has 1 aromatic rings. The number of halogens is 3. The Morgan fingerprint density at radius 1 is 1.44 bits per heavy atom. The molecule has 0 aliphatic carbocycles. The van der Waals surface area contributed by atoms with E-state index in [1.54, 1.807) is 0 Å². The summed E-state index contributed by atoms with van der Waals surface area (Å²) in [5.74, 6) is -0.0272. The highest BCUT2D eigenvalue weighted by atomic mass is 19.4. The molecule has 0 aliphatic heterocycles. The molecule has 3 nitrogen and oxygen atoms in total. The standard InChI is InChI=1S/C10H12F3NO2/c1-16-9-3-2-6(4-8(9)15)7(14)5-10(11,12)13/h2-4,7,15H,5,14H2,1H3/t7-/m0/s1. The molecule has 0 aromatic heterocycles. The van der Waals surface area contributed by atoms with Crippen molar-refractivity contribution < 1.29 is 23.0 Å². The fraction of sp³-hybridized carbons (Fsp3) is 0.400. The molecule has 0 saturated heterocycles. The van der Waals surface area contributed by atoms with Crippen LogP contribution >= 0.6 is 0 Å². The van der Waals surface area contributed by atoms with Crippen molar-refractivity contribution in [1.29, 1.82) is 0 Å². The first-order chi connectivity index (χ1) is 7.33. The lowest BCUT2D eigenvalue weighted by atomic mass is 10.0. The van der Waals surface area contributed by atoms with Gasteiger partial charge in [-0.05, 0) is 17.7 Å². The Morgan fingerprint density at radius 3 is 2.50 bits per heavy atom. The van der Waals surface area contributed by atoms with E-state index >= 15 is 0 Å². The van der Waals surface area contributed by atoms with Crippen LogP contribution in [0.25, 0.3) is 0 Å². The highest BCUT2D eigenvalue weighted by Crippen LogP contribution is 2.32. The zero-order valence-electron chi connectivity index (χ0n) is 8.58. The third kappa shape index (κ3) is 3.30. The van der Waals surface area contributed by atoms with Gasteiger partial charge in [0.2, 0.25) is 0 Å². The molecule has 6 heteroatoms. The highest BCUT2D eigenvalue weighted by Gasteiger charge is 2.31. The zero-order valence-corrected chi connectivity index (χ0v) is 8.58. The van der Waals surface area contributed by atoms with E-state index in [0.29, 0.717) is 0 Å². The average molecular weight is 235 g/mol. The Hall–Kier alpha value is -1.43. The minimum absolute atomic E-state index is 0.197. The Morgan fingerprint density at radius 2 is 2.06 bits per heavy atom. The van der Waals surface area contributed by atoms with Gasteiger partial charge in [0, 0.05) is 6.04 Å². The molecule has 0 unspecified atom stereocenters. The van der Waals surface area contributed by atoms with Gasteiger partial charge in [-0.3, -0.25) is 0 Å². The third-order valence-corrected chi connectivity index (χ3v) is 2.08. The van der Waals surface area contributed by atoms with Crippen molar-refractivity contribution in [3.05, 3.63) is 23.8 Å². The number of phenolic OH excluding ortho intramolecular Hbond substituents is 1. The number of hydrogen-bond donors (Lipinski definition) is 2. The van der Waals surface area contributed by atoms with E-state index in [4.69, 9.17) is 10.5 Å². The summed E-state index contributed by atoms with van der Waals surface area (Å²) in [5, 5.41) is 9.38. The van der Waals surface area contributed by atoms with E-state index in [9.17, 15) is 18.3 Å². The van der Waals surface area contributed by atoms with Gasteiger partial charge in [0.1, 0.15) is 0 Å². The Labute approximate surface area is 90.6 Å². The number of benzene rings is 1. The van der Waals surface area contributed by atoms with Crippen LogP contribution in [0.1, 0.15) is 18.0 Å². The first-order valence-corrected chi connectivity index (χ1v) is 4.52. The molecule has 1 atom stereocenters. The summed E-state index contributed by atoms with van der Waals surface area (Å²) in [7, 11) is 1.35. The maximum absolute atomic E-state index is 12.1. The minimum Gasteiger partial charge on any atom is -0.504 e. The lowest BCUT2D eigenvalue weighted by Gasteiger charge is -2.15. The van der Waals surface area contributed by atoms with Gasteiger partial charge in [0.15, 0.2) is 11.5 Å². The number of rotatable bonds is 3. The van der Waals surface area contributed by atoms with Crippen LogP contribution in [-0.2, 0) is 0 Å². The van der Waals surface area contributed by atoms with Crippen LogP contribution in [0.4, 0.5) is 13.2 Å². The van der Waals surface area contributed by atoms with Crippen LogP contribution in [0, 0.1) is 0 Å². The van der Waals surface area contributed by atoms with Crippen LogP contribution in [-0.4, -0.2) is 18.4 Å². The number of aromatic hydroxyl groups is 1. The summed E-state index contributed by atoms with van der Waals surface area (Å²) in [6.45, 7) is 0. The van der Waals surface area contributed by atoms with Gasteiger partial charge in [-0.1, -0.05) is 6.07 Å². The first-order valence-electron chi connectivity index (χ1n) is 4.52. The second-order valence-electron chi connectivity index (χ2n) is 3.36. The number of ether oxygens (including phenoxy) is 1. The van der Waals surface area contributed by atoms with Crippen molar-refractivity contribution >= 4 is 0 Å². The van der Waals surface area contributed by atoms with Gasteiger partial charge < -0.3 is 15.6 Å². The number of methoxy groups -OCH3 is 1. The second-order valence-corrected chi connectivity index (χ2v) is 3.36. The zero-order chi connectivity index (χ0) is 12.3. The monoisotopic (exact) mass is 235 g/mol. The molecule has 0 fully saturated rings. The molecule has 1 rings (SSSR count). The van der Waals surface area contributed by atoms with Crippen molar-refractivity contribution in [2.75, 3.05) is 7.11 Å². The van der Waals surface area contributed by atoms with E-state index in [-0.39, 0.29) is 17.1 Å². The van der Waals surface area contributed by atoms with Crippen molar-refractivity contribution in [3.8, 4) is 11.5 Å². The first kappa shape index (κ1) is 12.6. The smallest absolute Gasteiger partial charge is 0.390 e. The lowest BCUT2D eigenvalue weighted by molar-refractivity contribution is -0.138. The largest absolute Gasteiger partial charge is 0.504 e. The van der Waals surface area contributed by atoms with Gasteiger partial charge in [0.25, 0.3) is 0 Å². The van der Waals surface area contributed by atoms with Crippen LogP contribution in [0.2, 0.25) is 0 Å². The normalized spacial score (nSPS) is 13.6. The molecule has 0 spiro atoms. The van der Waals surface area contributed by atoms with Crippen molar-refractivity contribution in [2.45, 2.75) is 18.6 Å². The summed E-state index contributed by atoms with van der Waals surface area (Å²) >= 11 is 0. The highest BCUT2D eigenvalue weighted by molar-refractivity contribution is 5.42. The summed E-state index contributed by atoms with van der Waals surface area (Å²) < 4.78 is 41.0. The fourth-order valence-electron chi connectivity index (χ4n) is 1.30. The van der Waals surface area contributed by atoms with Gasteiger partial charge in [0.05, 0.1) is 13.5 Å². The van der Waals surface area contributed by atoms with E-state index < -0.39 is 18.6 Å². The van der Waals surface area contributed by atoms with Crippen molar-refractivity contribution in [1.82, 2.24) is 0 Å². The van der Waals surface area contributed by atoms with Crippen molar-refractivity contribution in [3.63, 3.8) is 0 Å². The van der Waals surface area contributed by atoms with E-state index in [2.05, 4.69) is 0 Å². The van der Waals surface area contributed by atoms with Crippen LogP contribution in [0.3, 0.4) is 0 Å². The maximum atomic E-state index is 12.1. The average Bonchev–Trinajstić information content (AvgIpc) is 2.15. The molecule has 0 amide bonds. The van der Waals surface area contributed by atoms with Crippen molar-refractivity contribution in [2.24, 2.45) is 5.73 Å². The number of nitrogens with two attached hydrogens (primary N) is 1. The Bertz CT molecular complexity index is 366. The molecule has 3 N–H and O–H groups in total. The topological polar surface area (TPSA) is 55.5 Å². The van der Waals surface area contributed by atoms with Gasteiger partial charge >= 0.3 is 6.18 Å². The fourth-order valence-corrected chi connectivity index (χ4v) is 1.30. The van der Waals surface area contributed by atoms with Crippen LogP contribution < -0.4 is 10.5 Å². The summed E-state index contributed by atoms with van der Waals surface area (Å²) in [5.41, 5.74) is 5.59. The molecule has 0 bridgehead atoms. The van der Waals surface area contributed by atoms with Crippen LogP contribution in [0.5, 0.6) is 11.5 Å². The molecule has 0 saturated carbocycles. The molecule has 0 heterocycles.